The van der Waals surface area contributed by atoms with Gasteiger partial charge < -0.3 is 10.2 Å². The highest BCUT2D eigenvalue weighted by molar-refractivity contribution is 7.99. The molecule has 3 aromatic rings. The van der Waals surface area contributed by atoms with Crippen molar-refractivity contribution in [3.05, 3.63) is 106 Å². The lowest BCUT2D eigenvalue weighted by atomic mass is 10.0. The second-order valence-corrected chi connectivity index (χ2v) is 10.2. The van der Waals surface area contributed by atoms with Gasteiger partial charge in [-0.05, 0) is 54.3 Å². The second kappa shape index (κ2) is 14.0. The Morgan fingerprint density at radius 3 is 2.22 bits per heavy atom. The van der Waals surface area contributed by atoms with E-state index in [0.717, 1.165) is 23.1 Å². The van der Waals surface area contributed by atoms with E-state index >= 15 is 0 Å². The summed E-state index contributed by atoms with van der Waals surface area (Å²) < 4.78 is 13.5. The molecule has 4 nitrogen and oxygen atoms in total. The van der Waals surface area contributed by atoms with Crippen molar-refractivity contribution in [1.29, 1.82) is 0 Å². The molecule has 0 aliphatic rings. The van der Waals surface area contributed by atoms with E-state index in [-0.39, 0.29) is 36.0 Å². The van der Waals surface area contributed by atoms with E-state index < -0.39 is 6.04 Å². The Kier molecular flexibility index (Phi) is 10.8. The molecule has 2 amide bonds. The van der Waals surface area contributed by atoms with Crippen molar-refractivity contribution in [1.82, 2.24) is 10.2 Å². The number of benzene rings is 3. The number of halogens is 2. The van der Waals surface area contributed by atoms with E-state index in [1.165, 1.54) is 23.9 Å². The molecule has 0 aliphatic carbocycles. The van der Waals surface area contributed by atoms with Gasteiger partial charge in [-0.1, -0.05) is 73.1 Å². The number of thioether (sulfide) groups is 1. The van der Waals surface area contributed by atoms with Crippen LogP contribution in [0.4, 0.5) is 4.39 Å². The van der Waals surface area contributed by atoms with Gasteiger partial charge in [0.25, 0.3) is 0 Å². The molecule has 0 bridgehead atoms. The van der Waals surface area contributed by atoms with Crippen molar-refractivity contribution >= 4 is 35.2 Å². The van der Waals surface area contributed by atoms with E-state index in [0.29, 0.717) is 17.2 Å². The SMILES string of the molecule is CC[C@@H](C)NC(=O)[C@@H](Cc1ccccc1)N(Cc1ccc(F)cc1)C(=O)CSCc1ccc(Cl)cc1. The Morgan fingerprint density at radius 1 is 0.944 bits per heavy atom. The Hall–Kier alpha value is -2.83. The highest BCUT2D eigenvalue weighted by atomic mass is 35.5. The first kappa shape index (κ1) is 27.8. The number of amides is 2. The van der Waals surface area contributed by atoms with Crippen LogP contribution in [0.15, 0.2) is 78.9 Å². The van der Waals surface area contributed by atoms with Gasteiger partial charge in [0.2, 0.25) is 11.8 Å². The van der Waals surface area contributed by atoms with Gasteiger partial charge >= 0.3 is 0 Å². The van der Waals surface area contributed by atoms with Gasteiger partial charge in [0, 0.05) is 29.8 Å². The van der Waals surface area contributed by atoms with Crippen LogP contribution in [0.25, 0.3) is 0 Å². The maximum atomic E-state index is 13.6. The molecule has 0 aromatic heterocycles. The molecule has 0 unspecified atom stereocenters. The Labute approximate surface area is 222 Å². The van der Waals surface area contributed by atoms with Crippen LogP contribution in [0.3, 0.4) is 0 Å². The molecule has 36 heavy (non-hydrogen) atoms. The highest BCUT2D eigenvalue weighted by Gasteiger charge is 2.30. The van der Waals surface area contributed by atoms with Crippen molar-refractivity contribution in [3.8, 4) is 0 Å². The summed E-state index contributed by atoms with van der Waals surface area (Å²) in [7, 11) is 0. The normalized spacial score (nSPS) is 12.6. The number of hydrogen-bond donors (Lipinski definition) is 1. The summed E-state index contributed by atoms with van der Waals surface area (Å²) in [6, 6.07) is 22.6. The maximum Gasteiger partial charge on any atom is 0.243 e. The summed E-state index contributed by atoms with van der Waals surface area (Å²) in [5.41, 5.74) is 2.80. The third kappa shape index (κ3) is 8.68. The van der Waals surface area contributed by atoms with Crippen LogP contribution in [-0.2, 0) is 28.3 Å². The molecule has 0 spiro atoms. The van der Waals surface area contributed by atoms with Crippen molar-refractivity contribution in [3.63, 3.8) is 0 Å². The summed E-state index contributed by atoms with van der Waals surface area (Å²) in [4.78, 5) is 28.7. The standard InChI is InChI=1S/C29H32ClFN2O2S/c1-3-21(2)32-29(35)27(17-22-7-5-4-6-8-22)33(18-23-11-15-26(31)16-12-23)28(34)20-36-19-24-9-13-25(30)14-10-24/h4-16,21,27H,3,17-20H2,1-2H3,(H,32,35)/t21-,27-/m1/s1. The third-order valence-corrected chi connectivity index (χ3v) is 7.19. The van der Waals surface area contributed by atoms with Crippen molar-refractivity contribution < 1.29 is 14.0 Å². The molecule has 0 saturated heterocycles. The number of carbonyl (C=O) groups is 2. The van der Waals surface area contributed by atoms with Gasteiger partial charge in [-0.25, -0.2) is 4.39 Å². The lowest BCUT2D eigenvalue weighted by Gasteiger charge is -2.32. The number of nitrogens with zero attached hydrogens (tertiary/aromatic N) is 1. The van der Waals surface area contributed by atoms with Crippen LogP contribution in [0.5, 0.6) is 0 Å². The van der Waals surface area contributed by atoms with E-state index in [1.54, 1.807) is 17.0 Å². The molecule has 7 heteroatoms. The number of rotatable bonds is 12. The number of carbonyl (C=O) groups excluding carboxylic acids is 2. The van der Waals surface area contributed by atoms with Crippen molar-refractivity contribution in [2.45, 2.75) is 51.1 Å². The lowest BCUT2D eigenvalue weighted by molar-refractivity contribution is -0.139. The van der Waals surface area contributed by atoms with Crippen molar-refractivity contribution in [2.24, 2.45) is 0 Å². The molecule has 0 fully saturated rings. The van der Waals surface area contributed by atoms with Crippen LogP contribution < -0.4 is 5.32 Å². The van der Waals surface area contributed by atoms with Crippen LogP contribution in [0, 0.1) is 5.82 Å². The minimum Gasteiger partial charge on any atom is -0.352 e. The molecule has 3 rings (SSSR count). The Bertz CT molecular complexity index is 1110. The fraction of sp³-hybridized carbons (Fsp3) is 0.310. The fourth-order valence-corrected chi connectivity index (χ4v) is 4.70. The van der Waals surface area contributed by atoms with E-state index in [9.17, 15) is 14.0 Å². The van der Waals surface area contributed by atoms with Crippen molar-refractivity contribution in [2.75, 3.05) is 5.75 Å². The predicted octanol–water partition coefficient (Wildman–Crippen LogP) is 6.27. The minimum absolute atomic E-state index is 0.0159. The van der Waals surface area contributed by atoms with Crippen LogP contribution in [0.1, 0.15) is 37.0 Å². The predicted molar refractivity (Wildman–Crippen MR) is 146 cm³/mol. The first-order valence-corrected chi connectivity index (χ1v) is 13.6. The van der Waals surface area contributed by atoms with E-state index in [1.807, 2.05) is 68.4 Å². The molecule has 190 valence electrons. The molecule has 1 N–H and O–H groups in total. The van der Waals surface area contributed by atoms with Gasteiger partial charge in [-0.2, -0.15) is 0 Å². The number of hydrogen-bond acceptors (Lipinski definition) is 3. The molecular weight excluding hydrogens is 495 g/mol. The van der Waals surface area contributed by atoms with Gasteiger partial charge in [0.15, 0.2) is 0 Å². The Morgan fingerprint density at radius 2 is 1.58 bits per heavy atom. The summed E-state index contributed by atoms with van der Waals surface area (Å²) in [5, 5.41) is 3.72. The minimum atomic E-state index is -0.699. The molecular formula is C29H32ClFN2O2S. The van der Waals surface area contributed by atoms with E-state index in [2.05, 4.69) is 5.32 Å². The highest BCUT2D eigenvalue weighted by Crippen LogP contribution is 2.20. The van der Waals surface area contributed by atoms with Crippen LogP contribution in [0.2, 0.25) is 5.02 Å². The topological polar surface area (TPSA) is 49.4 Å². The zero-order valence-electron chi connectivity index (χ0n) is 20.6. The fourth-order valence-electron chi connectivity index (χ4n) is 3.70. The quantitative estimate of drug-likeness (QED) is 0.303. The molecule has 0 radical (unpaired) electrons. The van der Waals surface area contributed by atoms with Gasteiger partial charge in [-0.3, -0.25) is 9.59 Å². The summed E-state index contributed by atoms with van der Waals surface area (Å²) in [6.45, 7) is 4.17. The van der Waals surface area contributed by atoms with Gasteiger partial charge in [-0.15, -0.1) is 11.8 Å². The third-order valence-electron chi connectivity index (χ3n) is 5.95. The number of nitrogens with one attached hydrogen (secondary N) is 1. The average molecular weight is 527 g/mol. The van der Waals surface area contributed by atoms with Crippen LogP contribution >= 0.6 is 23.4 Å². The van der Waals surface area contributed by atoms with Crippen LogP contribution in [-0.4, -0.2) is 34.6 Å². The summed E-state index contributed by atoms with van der Waals surface area (Å²) >= 11 is 7.46. The smallest absolute Gasteiger partial charge is 0.243 e. The van der Waals surface area contributed by atoms with E-state index in [4.69, 9.17) is 11.6 Å². The molecule has 0 heterocycles. The molecule has 0 saturated carbocycles. The van der Waals surface area contributed by atoms with Gasteiger partial charge in [0.1, 0.15) is 11.9 Å². The molecule has 3 aromatic carbocycles. The zero-order valence-corrected chi connectivity index (χ0v) is 22.2. The molecule has 0 aliphatic heterocycles. The molecule has 2 atom stereocenters. The Balaban J connectivity index is 1.84. The summed E-state index contributed by atoms with van der Waals surface area (Å²) in [6.07, 6.45) is 1.17. The first-order chi connectivity index (χ1) is 17.4. The largest absolute Gasteiger partial charge is 0.352 e. The first-order valence-electron chi connectivity index (χ1n) is 12.1. The zero-order chi connectivity index (χ0) is 25.9. The summed E-state index contributed by atoms with van der Waals surface area (Å²) in [5.74, 6) is 0.192. The maximum absolute atomic E-state index is 13.6. The van der Waals surface area contributed by atoms with Gasteiger partial charge in [0.05, 0.1) is 5.75 Å². The monoisotopic (exact) mass is 526 g/mol. The second-order valence-electron chi connectivity index (χ2n) is 8.79. The lowest BCUT2D eigenvalue weighted by Crippen LogP contribution is -2.52. The average Bonchev–Trinajstić information content (AvgIpc) is 2.88.